The molecule has 2 N–H and O–H groups in total. The number of aromatic amines is 1. The molecular formula is C22H17ClN2. The smallest absolute Gasteiger partial charge is 0.0788 e. The second-order valence-corrected chi connectivity index (χ2v) is 7.09. The molecule has 0 radical (unpaired) electrons. The van der Waals surface area contributed by atoms with Gasteiger partial charge in [0.15, 0.2) is 0 Å². The number of hydrogen-bond acceptors (Lipinski definition) is 1. The van der Waals surface area contributed by atoms with Crippen LogP contribution in [-0.2, 0) is 0 Å². The van der Waals surface area contributed by atoms with Gasteiger partial charge in [-0.15, -0.1) is 0 Å². The molecule has 5 rings (SSSR count). The number of aromatic nitrogens is 1. The molecule has 1 aromatic heterocycles. The maximum absolute atomic E-state index is 6.10. The van der Waals surface area contributed by atoms with Gasteiger partial charge in [0.25, 0.3) is 0 Å². The van der Waals surface area contributed by atoms with Crippen LogP contribution in [0.3, 0.4) is 0 Å². The Labute approximate surface area is 151 Å². The molecule has 3 aromatic carbocycles. The molecule has 1 atom stereocenters. The maximum atomic E-state index is 6.10. The number of aryl methyl sites for hydroxylation is 1. The summed E-state index contributed by atoms with van der Waals surface area (Å²) in [5.41, 5.74) is 8.59. The fraction of sp³-hybridized carbons (Fsp3) is 0.0909. The fourth-order valence-electron chi connectivity index (χ4n) is 3.82. The van der Waals surface area contributed by atoms with Gasteiger partial charge in [0.05, 0.1) is 6.04 Å². The molecule has 25 heavy (non-hydrogen) atoms. The molecule has 0 saturated carbocycles. The molecule has 1 aliphatic rings. The van der Waals surface area contributed by atoms with Gasteiger partial charge in [-0.1, -0.05) is 47.5 Å². The van der Waals surface area contributed by atoms with Gasteiger partial charge in [-0.25, -0.2) is 0 Å². The number of rotatable bonds is 1. The van der Waals surface area contributed by atoms with Crippen LogP contribution in [0.4, 0.5) is 5.69 Å². The zero-order chi connectivity index (χ0) is 17.0. The Morgan fingerprint density at radius 3 is 2.60 bits per heavy atom. The van der Waals surface area contributed by atoms with Gasteiger partial charge >= 0.3 is 0 Å². The van der Waals surface area contributed by atoms with Gasteiger partial charge in [0.2, 0.25) is 0 Å². The molecule has 0 spiro atoms. The van der Waals surface area contributed by atoms with Gasteiger partial charge in [-0.2, -0.15) is 0 Å². The molecule has 2 nitrogen and oxygen atoms in total. The minimum absolute atomic E-state index is 0.0797. The second-order valence-electron chi connectivity index (χ2n) is 6.65. The van der Waals surface area contributed by atoms with Crippen molar-refractivity contribution in [1.29, 1.82) is 0 Å². The van der Waals surface area contributed by atoms with Crippen LogP contribution in [0, 0.1) is 6.92 Å². The summed E-state index contributed by atoms with van der Waals surface area (Å²) in [6.45, 7) is 2.14. The highest BCUT2D eigenvalue weighted by Gasteiger charge is 2.25. The normalized spacial score (nSPS) is 15.5. The summed E-state index contributed by atoms with van der Waals surface area (Å²) < 4.78 is 0. The Balaban J connectivity index is 1.83. The first kappa shape index (κ1) is 14.6. The van der Waals surface area contributed by atoms with Gasteiger partial charge in [0, 0.05) is 38.9 Å². The third-order valence-electron chi connectivity index (χ3n) is 5.02. The van der Waals surface area contributed by atoms with E-state index in [-0.39, 0.29) is 6.04 Å². The third kappa shape index (κ3) is 2.25. The molecule has 3 heteroatoms. The van der Waals surface area contributed by atoms with Crippen LogP contribution in [0.15, 0.2) is 66.9 Å². The van der Waals surface area contributed by atoms with Crippen molar-refractivity contribution in [1.82, 2.24) is 4.98 Å². The molecule has 122 valence electrons. The molecule has 4 aromatic rings. The van der Waals surface area contributed by atoms with Crippen molar-refractivity contribution in [3.63, 3.8) is 0 Å². The first-order valence-corrected chi connectivity index (χ1v) is 8.81. The first-order valence-electron chi connectivity index (χ1n) is 8.44. The van der Waals surface area contributed by atoms with Crippen LogP contribution in [0.1, 0.15) is 22.7 Å². The number of fused-ring (bicyclic) bond motifs is 2. The largest absolute Gasteiger partial charge is 0.374 e. The fourth-order valence-corrected chi connectivity index (χ4v) is 3.95. The predicted octanol–water partition coefficient (Wildman–Crippen LogP) is 6.31. The summed E-state index contributed by atoms with van der Waals surface area (Å²) in [6, 6.07) is 21.3. The van der Waals surface area contributed by atoms with Crippen molar-refractivity contribution in [2.24, 2.45) is 0 Å². The van der Waals surface area contributed by atoms with E-state index in [0.29, 0.717) is 0 Å². The van der Waals surface area contributed by atoms with E-state index in [1.54, 1.807) is 0 Å². The van der Waals surface area contributed by atoms with Crippen LogP contribution in [-0.4, -0.2) is 4.98 Å². The zero-order valence-corrected chi connectivity index (χ0v) is 14.6. The summed E-state index contributed by atoms with van der Waals surface area (Å²) >= 11 is 6.10. The maximum Gasteiger partial charge on any atom is 0.0788 e. The van der Waals surface area contributed by atoms with Crippen molar-refractivity contribution in [2.75, 3.05) is 5.32 Å². The van der Waals surface area contributed by atoms with E-state index in [4.69, 9.17) is 11.6 Å². The molecule has 2 heterocycles. The van der Waals surface area contributed by atoms with Gasteiger partial charge < -0.3 is 10.3 Å². The lowest BCUT2D eigenvalue weighted by Crippen LogP contribution is -2.11. The van der Waals surface area contributed by atoms with Gasteiger partial charge in [-0.05, 0) is 48.4 Å². The summed E-state index contributed by atoms with van der Waals surface area (Å²) in [5, 5.41) is 5.80. The average molecular weight is 345 g/mol. The molecule has 0 aliphatic carbocycles. The van der Waals surface area contributed by atoms with Gasteiger partial charge in [0.1, 0.15) is 0 Å². The van der Waals surface area contributed by atoms with E-state index in [0.717, 1.165) is 10.7 Å². The van der Waals surface area contributed by atoms with Crippen LogP contribution in [0.2, 0.25) is 5.02 Å². The molecule has 0 amide bonds. The Bertz CT molecular complexity index is 1090. The summed E-state index contributed by atoms with van der Waals surface area (Å²) in [5.74, 6) is 0. The monoisotopic (exact) mass is 344 g/mol. The minimum atomic E-state index is 0.0797. The van der Waals surface area contributed by atoms with E-state index in [1.807, 2.05) is 12.1 Å². The second kappa shape index (κ2) is 5.40. The van der Waals surface area contributed by atoms with Crippen LogP contribution >= 0.6 is 11.6 Å². The zero-order valence-electron chi connectivity index (χ0n) is 13.8. The van der Waals surface area contributed by atoms with Crippen molar-refractivity contribution < 1.29 is 0 Å². The highest BCUT2D eigenvalue weighted by atomic mass is 35.5. The number of H-pyrrole nitrogens is 1. The van der Waals surface area contributed by atoms with Gasteiger partial charge in [-0.3, -0.25) is 0 Å². The van der Waals surface area contributed by atoms with Crippen LogP contribution in [0.25, 0.3) is 22.0 Å². The number of nitrogens with one attached hydrogen (secondary N) is 2. The lowest BCUT2D eigenvalue weighted by molar-refractivity contribution is 0.953. The number of benzene rings is 3. The van der Waals surface area contributed by atoms with Crippen molar-refractivity contribution in [3.05, 3.63) is 88.6 Å². The highest BCUT2D eigenvalue weighted by molar-refractivity contribution is 6.30. The first-order chi connectivity index (χ1) is 12.2. The highest BCUT2D eigenvalue weighted by Crippen LogP contribution is 2.44. The number of hydrogen-bond donors (Lipinski definition) is 2. The van der Waals surface area contributed by atoms with Crippen molar-refractivity contribution in [3.8, 4) is 11.1 Å². The Kier molecular flexibility index (Phi) is 3.16. The quantitative estimate of drug-likeness (QED) is 0.416. The van der Waals surface area contributed by atoms with Crippen LogP contribution < -0.4 is 5.32 Å². The van der Waals surface area contributed by atoms with E-state index in [2.05, 4.69) is 72.0 Å². The molecule has 0 bridgehead atoms. The van der Waals surface area contributed by atoms with E-state index >= 15 is 0 Å². The molecule has 1 aliphatic heterocycles. The predicted molar refractivity (Wildman–Crippen MR) is 105 cm³/mol. The molecular weight excluding hydrogens is 328 g/mol. The minimum Gasteiger partial charge on any atom is -0.374 e. The number of anilines is 1. The number of halogens is 1. The average Bonchev–Trinajstić information content (AvgIpc) is 2.99. The summed E-state index contributed by atoms with van der Waals surface area (Å²) in [7, 11) is 0. The standard InChI is InChI=1S/C22H17ClN2/c1-13-5-10-19-17(11-13)16-3-2-4-20-21(16)18(12-24-20)22(25-19)14-6-8-15(23)9-7-14/h2-12,22,24-25H,1H3. The van der Waals surface area contributed by atoms with Crippen molar-refractivity contribution >= 4 is 28.2 Å². The SMILES string of the molecule is Cc1ccc2c(c1)-c1cccc3[nH]cc(c13)C(c1ccc(Cl)cc1)N2. The van der Waals surface area contributed by atoms with Crippen LogP contribution in [0.5, 0.6) is 0 Å². The lowest BCUT2D eigenvalue weighted by Gasteiger charge is -2.20. The Hall–Kier alpha value is -2.71. The van der Waals surface area contributed by atoms with E-state index in [1.165, 1.54) is 38.7 Å². The molecule has 1 unspecified atom stereocenters. The molecule has 0 saturated heterocycles. The third-order valence-corrected chi connectivity index (χ3v) is 5.27. The van der Waals surface area contributed by atoms with Crippen molar-refractivity contribution in [2.45, 2.75) is 13.0 Å². The lowest BCUT2D eigenvalue weighted by atomic mass is 9.95. The van der Waals surface area contributed by atoms with E-state index < -0.39 is 0 Å². The summed E-state index contributed by atoms with van der Waals surface area (Å²) in [6.07, 6.45) is 2.12. The topological polar surface area (TPSA) is 27.8 Å². The summed E-state index contributed by atoms with van der Waals surface area (Å²) in [4.78, 5) is 3.44. The Morgan fingerprint density at radius 1 is 0.920 bits per heavy atom. The molecule has 0 fully saturated rings. The van der Waals surface area contributed by atoms with E-state index in [9.17, 15) is 0 Å². The Morgan fingerprint density at radius 2 is 1.76 bits per heavy atom.